The molecule has 5 aliphatic rings. The van der Waals surface area contributed by atoms with E-state index in [2.05, 4.69) is 15.9 Å². The van der Waals surface area contributed by atoms with Crippen LogP contribution in [0.3, 0.4) is 0 Å². The van der Waals surface area contributed by atoms with Crippen molar-refractivity contribution >= 4 is 11.5 Å². The van der Waals surface area contributed by atoms with Crippen LogP contribution >= 0.6 is 0 Å². The molecule has 3 atom stereocenters. The number of hydrogen-bond donors (Lipinski definition) is 1. The predicted octanol–water partition coefficient (Wildman–Crippen LogP) is 3.42. The van der Waals surface area contributed by atoms with Crippen molar-refractivity contribution < 1.29 is 18.6 Å². The molecule has 4 aliphatic heterocycles. The zero-order valence-electron chi connectivity index (χ0n) is 23.0. The zero-order valence-corrected chi connectivity index (χ0v) is 23.0. The standard InChI is InChI=1S/C30H37FN6O3/c31-21-14-29(7-2-10-37(29)17-21)19-39-28-34-25-15-30(8-1-4-20-5-6-24(33)22(16-32)26(20)30)40-18-23(25)27(35-28)36-9-3-12-38-13-11-36/h5-6,21H,1-4,7-15,17-19,33H2/t21-,29?,30-/m1/s1. The highest BCUT2D eigenvalue weighted by Gasteiger charge is 2.50. The number of fused-ring (bicyclic) bond motifs is 4. The number of nitrogens with zero attached hydrogens (tertiary/aromatic N) is 5. The maximum absolute atomic E-state index is 14.4. The summed E-state index contributed by atoms with van der Waals surface area (Å²) in [5.74, 6) is 0.833. The van der Waals surface area contributed by atoms with E-state index in [-0.39, 0.29) is 5.54 Å². The highest BCUT2D eigenvalue weighted by atomic mass is 19.1. The van der Waals surface area contributed by atoms with Gasteiger partial charge < -0.3 is 24.8 Å². The molecule has 0 bridgehead atoms. The second kappa shape index (κ2) is 10.1. The summed E-state index contributed by atoms with van der Waals surface area (Å²) in [7, 11) is 0. The molecule has 3 fully saturated rings. The summed E-state index contributed by atoms with van der Waals surface area (Å²) >= 11 is 0. The van der Waals surface area contributed by atoms with Gasteiger partial charge in [0.25, 0.3) is 0 Å². The van der Waals surface area contributed by atoms with Crippen LogP contribution in [0.25, 0.3) is 0 Å². The lowest BCUT2D eigenvalue weighted by atomic mass is 9.72. The highest BCUT2D eigenvalue weighted by Crippen LogP contribution is 2.48. The van der Waals surface area contributed by atoms with E-state index in [0.717, 1.165) is 93.0 Å². The van der Waals surface area contributed by atoms with Gasteiger partial charge in [-0.2, -0.15) is 15.2 Å². The number of alkyl halides is 1. The molecule has 1 unspecified atom stereocenters. The molecule has 10 heteroatoms. The zero-order chi connectivity index (χ0) is 27.3. The number of aromatic nitrogens is 2. The molecule has 5 heterocycles. The van der Waals surface area contributed by atoms with Gasteiger partial charge in [0.05, 0.1) is 30.0 Å². The van der Waals surface area contributed by atoms with Gasteiger partial charge in [-0.15, -0.1) is 0 Å². The summed E-state index contributed by atoms with van der Waals surface area (Å²) in [6.45, 7) is 5.05. The van der Waals surface area contributed by atoms with Gasteiger partial charge in [0.2, 0.25) is 0 Å². The average molecular weight is 549 g/mol. The second-order valence-corrected chi connectivity index (χ2v) is 12.1. The Labute approximate surface area is 234 Å². The van der Waals surface area contributed by atoms with Crippen LogP contribution in [-0.4, -0.2) is 72.6 Å². The Hall–Kier alpha value is -3.00. The molecule has 40 heavy (non-hydrogen) atoms. The topological polar surface area (TPSA) is 110 Å². The molecule has 1 aliphatic carbocycles. The van der Waals surface area contributed by atoms with Crippen molar-refractivity contribution in [1.29, 1.82) is 5.26 Å². The fourth-order valence-electron chi connectivity index (χ4n) is 7.77. The lowest BCUT2D eigenvalue weighted by molar-refractivity contribution is -0.0857. The van der Waals surface area contributed by atoms with E-state index in [1.807, 2.05) is 12.1 Å². The van der Waals surface area contributed by atoms with E-state index in [0.29, 0.717) is 56.5 Å². The van der Waals surface area contributed by atoms with Crippen LogP contribution < -0.4 is 15.4 Å². The second-order valence-electron chi connectivity index (χ2n) is 12.1. The van der Waals surface area contributed by atoms with E-state index < -0.39 is 11.8 Å². The molecule has 212 valence electrons. The van der Waals surface area contributed by atoms with Crippen LogP contribution in [0.15, 0.2) is 12.1 Å². The van der Waals surface area contributed by atoms with Gasteiger partial charge in [0, 0.05) is 55.9 Å². The van der Waals surface area contributed by atoms with Gasteiger partial charge in [-0.1, -0.05) is 6.07 Å². The van der Waals surface area contributed by atoms with E-state index in [9.17, 15) is 9.65 Å². The molecule has 1 spiro atoms. The number of aryl methyl sites for hydroxylation is 1. The van der Waals surface area contributed by atoms with Crippen molar-refractivity contribution in [2.24, 2.45) is 0 Å². The summed E-state index contributed by atoms with van der Waals surface area (Å²) in [4.78, 5) is 14.4. The van der Waals surface area contributed by atoms with Crippen LogP contribution in [0.2, 0.25) is 0 Å². The van der Waals surface area contributed by atoms with Crippen LogP contribution in [0.4, 0.5) is 15.9 Å². The maximum Gasteiger partial charge on any atom is 0.318 e. The van der Waals surface area contributed by atoms with Crippen molar-refractivity contribution in [2.75, 3.05) is 56.6 Å². The molecule has 1 aromatic carbocycles. The van der Waals surface area contributed by atoms with Gasteiger partial charge in [-0.3, -0.25) is 4.90 Å². The van der Waals surface area contributed by atoms with Crippen LogP contribution in [0, 0.1) is 11.3 Å². The first-order valence-corrected chi connectivity index (χ1v) is 14.7. The third kappa shape index (κ3) is 4.30. The number of anilines is 2. The predicted molar refractivity (Wildman–Crippen MR) is 147 cm³/mol. The Morgan fingerprint density at radius 3 is 2.98 bits per heavy atom. The third-order valence-electron chi connectivity index (χ3n) is 9.67. The summed E-state index contributed by atoms with van der Waals surface area (Å²) in [6.07, 6.45) is 5.76. The first-order valence-electron chi connectivity index (χ1n) is 14.7. The normalized spacial score (nSPS) is 29.9. The summed E-state index contributed by atoms with van der Waals surface area (Å²) in [6, 6.07) is 6.56. The van der Waals surface area contributed by atoms with Crippen LogP contribution in [0.5, 0.6) is 6.01 Å². The Bertz CT molecular complexity index is 1340. The quantitative estimate of drug-likeness (QED) is 0.575. The Morgan fingerprint density at radius 1 is 1.15 bits per heavy atom. The first-order chi connectivity index (χ1) is 19.5. The molecule has 1 aromatic heterocycles. The maximum atomic E-state index is 14.4. The average Bonchev–Trinajstić information content (AvgIpc) is 3.33. The molecule has 2 N–H and O–H groups in total. The summed E-state index contributed by atoms with van der Waals surface area (Å²) in [5.41, 5.74) is 10.2. The Balaban J connectivity index is 1.27. The number of nitrogen functional groups attached to an aromatic ring is 1. The van der Waals surface area contributed by atoms with E-state index in [4.69, 9.17) is 29.9 Å². The van der Waals surface area contributed by atoms with E-state index in [1.165, 1.54) is 0 Å². The smallest absolute Gasteiger partial charge is 0.318 e. The van der Waals surface area contributed by atoms with E-state index >= 15 is 0 Å². The van der Waals surface area contributed by atoms with Gasteiger partial charge in [0.1, 0.15) is 30.3 Å². The number of nitriles is 1. The number of halogens is 1. The molecular weight excluding hydrogens is 511 g/mol. The molecule has 2 aromatic rings. The summed E-state index contributed by atoms with van der Waals surface area (Å²) in [5, 5.41) is 10.1. The lowest BCUT2D eigenvalue weighted by Gasteiger charge is -2.43. The molecule has 7 rings (SSSR count). The number of rotatable bonds is 4. The molecule has 0 radical (unpaired) electrons. The molecule has 3 saturated heterocycles. The SMILES string of the molecule is N#Cc1c(N)ccc2c1[C@@]1(CCC2)Cc2nc(OCC34CCCN3C[C@H](F)C4)nc(N3CCCOCC3)c2CO1. The fraction of sp³-hybridized carbons (Fsp3) is 0.633. The largest absolute Gasteiger partial charge is 0.461 e. The monoisotopic (exact) mass is 548 g/mol. The first kappa shape index (κ1) is 25.9. The Kier molecular flexibility index (Phi) is 6.56. The van der Waals surface area contributed by atoms with Crippen molar-refractivity contribution in [3.63, 3.8) is 0 Å². The molecular formula is C30H37FN6O3. The van der Waals surface area contributed by atoms with Gasteiger partial charge in [-0.25, -0.2) is 4.39 Å². The van der Waals surface area contributed by atoms with E-state index in [1.54, 1.807) is 0 Å². The van der Waals surface area contributed by atoms with Gasteiger partial charge in [-0.05, 0) is 56.7 Å². The lowest BCUT2D eigenvalue weighted by Crippen LogP contribution is -2.44. The van der Waals surface area contributed by atoms with Crippen molar-refractivity contribution in [2.45, 2.75) is 75.3 Å². The molecule has 0 saturated carbocycles. The van der Waals surface area contributed by atoms with Gasteiger partial charge >= 0.3 is 6.01 Å². The number of benzene rings is 1. The van der Waals surface area contributed by atoms with Crippen LogP contribution in [0.1, 0.15) is 66.5 Å². The molecule has 0 amide bonds. The Morgan fingerprint density at radius 2 is 2.08 bits per heavy atom. The number of ether oxygens (including phenoxy) is 3. The fourth-order valence-corrected chi connectivity index (χ4v) is 7.77. The minimum Gasteiger partial charge on any atom is -0.461 e. The van der Waals surface area contributed by atoms with Crippen LogP contribution in [-0.2, 0) is 34.5 Å². The molecule has 9 nitrogen and oxygen atoms in total. The van der Waals surface area contributed by atoms with Gasteiger partial charge in [0.15, 0.2) is 0 Å². The van der Waals surface area contributed by atoms with Crippen molar-refractivity contribution in [3.8, 4) is 12.1 Å². The number of hydrogen-bond acceptors (Lipinski definition) is 9. The minimum atomic E-state index is -0.814. The third-order valence-corrected chi connectivity index (χ3v) is 9.67. The van der Waals surface area contributed by atoms with Crippen molar-refractivity contribution in [3.05, 3.63) is 40.1 Å². The highest BCUT2D eigenvalue weighted by molar-refractivity contribution is 5.63. The number of nitrogens with two attached hydrogens (primary N) is 1. The summed E-state index contributed by atoms with van der Waals surface area (Å²) < 4.78 is 33.2. The minimum absolute atomic E-state index is 0.277. The van der Waals surface area contributed by atoms with Crippen molar-refractivity contribution in [1.82, 2.24) is 14.9 Å².